The molecule has 4 heterocycles. The van der Waals surface area contributed by atoms with Crippen LogP contribution in [0.3, 0.4) is 0 Å². The lowest BCUT2D eigenvalue weighted by atomic mass is 10.0. The zero-order valence-corrected chi connectivity index (χ0v) is 14.0. The Kier molecular flexibility index (Phi) is 4.39. The number of halogens is 1. The number of aromatic nitrogens is 4. The summed E-state index contributed by atoms with van der Waals surface area (Å²) in [5, 5.41) is 3.45. The van der Waals surface area contributed by atoms with Crippen molar-refractivity contribution in [3.05, 3.63) is 54.6 Å². The first kappa shape index (κ1) is 16.3. The van der Waals surface area contributed by atoms with Crippen molar-refractivity contribution >= 4 is 22.6 Å². The van der Waals surface area contributed by atoms with Gasteiger partial charge in [-0.05, 0) is 18.9 Å². The Morgan fingerprint density at radius 3 is 2.73 bits per heavy atom. The van der Waals surface area contributed by atoms with E-state index in [0.717, 1.165) is 18.5 Å². The van der Waals surface area contributed by atoms with Gasteiger partial charge < -0.3 is 10.2 Å². The van der Waals surface area contributed by atoms with Crippen molar-refractivity contribution in [1.82, 2.24) is 24.8 Å². The highest BCUT2D eigenvalue weighted by Gasteiger charge is 2.24. The van der Waals surface area contributed by atoms with E-state index in [1.54, 1.807) is 17.3 Å². The molecule has 0 aromatic carbocycles. The topological polar surface area (TPSA) is 83.9 Å². The number of carbonyl (C=O) groups excluding carboxylic acids is 1. The van der Waals surface area contributed by atoms with E-state index < -0.39 is 5.82 Å². The molecule has 1 aliphatic heterocycles. The van der Waals surface area contributed by atoms with E-state index in [4.69, 9.17) is 0 Å². The van der Waals surface area contributed by atoms with Gasteiger partial charge in [0, 0.05) is 43.8 Å². The van der Waals surface area contributed by atoms with E-state index in [1.165, 1.54) is 24.7 Å². The molecule has 3 aromatic heterocycles. The lowest BCUT2D eigenvalue weighted by molar-refractivity contribution is 0.0712. The van der Waals surface area contributed by atoms with Gasteiger partial charge in [0.05, 0.1) is 23.6 Å². The fourth-order valence-corrected chi connectivity index (χ4v) is 3.14. The number of piperidine rings is 1. The van der Waals surface area contributed by atoms with Crippen LogP contribution in [0.2, 0.25) is 0 Å². The number of fused-ring (bicyclic) bond motifs is 1. The molecule has 1 amide bonds. The lowest BCUT2D eigenvalue weighted by Gasteiger charge is -2.32. The smallest absolute Gasteiger partial charge is 0.274 e. The minimum atomic E-state index is -0.405. The standard InChI is InChI=1S/C18H17FN6O/c19-12-9-15-17(23-10-12)14(1-4-21-15)24-13-2-7-25(8-3-13)18(26)16-11-20-5-6-22-16/h1,4-6,9-11,13H,2-3,7-8H2,(H,21,24). The van der Waals surface area contributed by atoms with Gasteiger partial charge >= 0.3 is 0 Å². The summed E-state index contributed by atoms with van der Waals surface area (Å²) in [6.45, 7) is 1.27. The van der Waals surface area contributed by atoms with Gasteiger partial charge in [-0.25, -0.2) is 14.4 Å². The van der Waals surface area contributed by atoms with Crippen LogP contribution in [0.5, 0.6) is 0 Å². The summed E-state index contributed by atoms with van der Waals surface area (Å²) in [6, 6.07) is 3.42. The lowest BCUT2D eigenvalue weighted by Crippen LogP contribution is -2.42. The predicted octanol–water partition coefficient (Wildman–Crippen LogP) is 2.28. The van der Waals surface area contributed by atoms with Crippen molar-refractivity contribution in [2.24, 2.45) is 0 Å². The second-order valence-electron chi connectivity index (χ2n) is 6.18. The molecule has 8 heteroatoms. The predicted molar refractivity (Wildman–Crippen MR) is 94.1 cm³/mol. The van der Waals surface area contributed by atoms with Crippen LogP contribution in [0, 0.1) is 5.82 Å². The summed E-state index contributed by atoms with van der Waals surface area (Å²) < 4.78 is 13.3. The van der Waals surface area contributed by atoms with Crippen LogP contribution in [0.4, 0.5) is 10.1 Å². The molecule has 0 radical (unpaired) electrons. The first-order valence-corrected chi connectivity index (χ1v) is 8.43. The second kappa shape index (κ2) is 6.99. The van der Waals surface area contributed by atoms with Gasteiger partial charge in [0.1, 0.15) is 17.0 Å². The van der Waals surface area contributed by atoms with E-state index in [9.17, 15) is 9.18 Å². The van der Waals surface area contributed by atoms with Crippen molar-refractivity contribution in [3.63, 3.8) is 0 Å². The van der Waals surface area contributed by atoms with Gasteiger partial charge in [0.25, 0.3) is 5.91 Å². The first-order chi connectivity index (χ1) is 12.7. The van der Waals surface area contributed by atoms with Gasteiger partial charge in [0.15, 0.2) is 0 Å². The highest BCUT2D eigenvalue weighted by molar-refractivity contribution is 5.92. The molecule has 1 aliphatic rings. The number of nitrogens with zero attached hydrogens (tertiary/aromatic N) is 5. The van der Waals surface area contributed by atoms with Crippen LogP contribution in [0.25, 0.3) is 11.0 Å². The molecule has 0 unspecified atom stereocenters. The summed E-state index contributed by atoms with van der Waals surface area (Å²) in [4.78, 5) is 30.5. The molecular formula is C18H17FN6O. The average Bonchev–Trinajstić information content (AvgIpc) is 2.69. The number of hydrogen-bond donors (Lipinski definition) is 1. The number of likely N-dealkylation sites (tertiary alicyclic amines) is 1. The highest BCUT2D eigenvalue weighted by Crippen LogP contribution is 2.23. The van der Waals surface area contributed by atoms with Gasteiger partial charge in [0.2, 0.25) is 0 Å². The molecule has 4 rings (SSSR count). The number of amides is 1. The zero-order chi connectivity index (χ0) is 17.9. The third-order valence-electron chi connectivity index (χ3n) is 4.47. The highest BCUT2D eigenvalue weighted by atomic mass is 19.1. The summed E-state index contributed by atoms with van der Waals surface area (Å²) in [5.41, 5.74) is 2.36. The molecule has 0 saturated carbocycles. The largest absolute Gasteiger partial charge is 0.380 e. The van der Waals surface area contributed by atoms with E-state index >= 15 is 0 Å². The molecule has 3 aromatic rings. The molecule has 1 fully saturated rings. The number of rotatable bonds is 3. The summed E-state index contributed by atoms with van der Waals surface area (Å²) in [5.74, 6) is -0.499. The van der Waals surface area contributed by atoms with Gasteiger partial charge in [-0.1, -0.05) is 0 Å². The molecule has 1 saturated heterocycles. The second-order valence-corrected chi connectivity index (χ2v) is 6.18. The molecule has 7 nitrogen and oxygen atoms in total. The molecule has 0 bridgehead atoms. The quantitative estimate of drug-likeness (QED) is 0.778. The summed E-state index contributed by atoms with van der Waals surface area (Å²) in [6.07, 6.45) is 8.99. The van der Waals surface area contributed by atoms with Crippen LogP contribution in [-0.4, -0.2) is 49.9 Å². The summed E-state index contributed by atoms with van der Waals surface area (Å²) in [7, 11) is 0. The van der Waals surface area contributed by atoms with Gasteiger partial charge in [-0.15, -0.1) is 0 Å². The van der Waals surface area contributed by atoms with Crippen LogP contribution in [0.15, 0.2) is 43.1 Å². The Hall–Kier alpha value is -3.16. The van der Waals surface area contributed by atoms with Crippen molar-refractivity contribution in [2.45, 2.75) is 18.9 Å². The Morgan fingerprint density at radius 1 is 1.12 bits per heavy atom. The number of anilines is 1. The number of hydrogen-bond acceptors (Lipinski definition) is 6. The fourth-order valence-electron chi connectivity index (χ4n) is 3.14. The van der Waals surface area contributed by atoms with Crippen LogP contribution < -0.4 is 5.32 Å². The Bertz CT molecular complexity index is 927. The minimum absolute atomic E-state index is 0.0944. The van der Waals surface area contributed by atoms with Crippen LogP contribution >= 0.6 is 0 Å². The minimum Gasteiger partial charge on any atom is -0.380 e. The van der Waals surface area contributed by atoms with Crippen LogP contribution in [-0.2, 0) is 0 Å². The average molecular weight is 352 g/mol. The monoisotopic (exact) mass is 352 g/mol. The summed E-state index contributed by atoms with van der Waals surface area (Å²) >= 11 is 0. The molecular weight excluding hydrogens is 335 g/mol. The third-order valence-corrected chi connectivity index (χ3v) is 4.47. The molecule has 0 spiro atoms. The number of nitrogens with one attached hydrogen (secondary N) is 1. The molecule has 0 aliphatic carbocycles. The third kappa shape index (κ3) is 3.30. The first-order valence-electron chi connectivity index (χ1n) is 8.43. The number of pyridine rings is 2. The van der Waals surface area contributed by atoms with E-state index in [0.29, 0.717) is 29.8 Å². The van der Waals surface area contributed by atoms with Crippen molar-refractivity contribution < 1.29 is 9.18 Å². The van der Waals surface area contributed by atoms with Gasteiger partial charge in [-0.3, -0.25) is 14.8 Å². The zero-order valence-electron chi connectivity index (χ0n) is 14.0. The fraction of sp³-hybridized carbons (Fsp3) is 0.278. The molecule has 1 N–H and O–H groups in total. The van der Waals surface area contributed by atoms with Crippen molar-refractivity contribution in [1.29, 1.82) is 0 Å². The SMILES string of the molecule is O=C(c1cnccn1)N1CCC(Nc2ccnc3cc(F)cnc23)CC1. The molecule has 26 heavy (non-hydrogen) atoms. The van der Waals surface area contributed by atoms with E-state index in [2.05, 4.69) is 25.3 Å². The maximum absolute atomic E-state index is 13.3. The normalized spacial score (nSPS) is 15.2. The van der Waals surface area contributed by atoms with E-state index in [-0.39, 0.29) is 11.9 Å². The van der Waals surface area contributed by atoms with E-state index in [1.807, 2.05) is 6.07 Å². The van der Waals surface area contributed by atoms with Crippen molar-refractivity contribution in [2.75, 3.05) is 18.4 Å². The van der Waals surface area contributed by atoms with Gasteiger partial charge in [-0.2, -0.15) is 0 Å². The number of carbonyl (C=O) groups is 1. The molecule has 0 atom stereocenters. The maximum Gasteiger partial charge on any atom is 0.274 e. The van der Waals surface area contributed by atoms with Crippen molar-refractivity contribution in [3.8, 4) is 0 Å². The van der Waals surface area contributed by atoms with Crippen LogP contribution in [0.1, 0.15) is 23.3 Å². The molecule has 132 valence electrons. The maximum atomic E-state index is 13.3. The Balaban J connectivity index is 1.42. The Morgan fingerprint density at radius 2 is 1.96 bits per heavy atom. The Labute approximate surface area is 149 Å².